The number of furan rings is 1. The Hall–Kier alpha value is -0.410. The Morgan fingerprint density at radius 1 is 1.47 bits per heavy atom. The highest BCUT2D eigenvalue weighted by Gasteiger charge is 2.06. The molecule has 0 aromatic carbocycles. The highest BCUT2D eigenvalue weighted by Crippen LogP contribution is 2.13. The van der Waals surface area contributed by atoms with E-state index in [0.717, 1.165) is 18.1 Å². The quantitative estimate of drug-likeness (QED) is 0.808. The molecule has 1 aromatic rings. The average molecular weight is 227 g/mol. The molecule has 1 unspecified atom stereocenters. The second kappa shape index (κ2) is 6.23. The first-order valence-corrected chi connectivity index (χ1v) is 6.66. The number of rotatable bonds is 6. The molecule has 1 aromatic heterocycles. The van der Waals surface area contributed by atoms with E-state index in [-0.39, 0.29) is 0 Å². The van der Waals surface area contributed by atoms with Crippen LogP contribution >= 0.6 is 11.8 Å². The van der Waals surface area contributed by atoms with Crippen LogP contribution in [0.4, 0.5) is 0 Å². The van der Waals surface area contributed by atoms with Gasteiger partial charge in [0.15, 0.2) is 0 Å². The highest BCUT2D eigenvalue weighted by molar-refractivity contribution is 7.99. The van der Waals surface area contributed by atoms with Crippen molar-refractivity contribution in [1.29, 1.82) is 0 Å². The maximum atomic E-state index is 5.48. The molecule has 0 aliphatic carbocycles. The Morgan fingerprint density at radius 2 is 2.20 bits per heavy atom. The smallest absolute Gasteiger partial charge is 0.105 e. The van der Waals surface area contributed by atoms with Gasteiger partial charge in [-0.3, -0.25) is 0 Å². The summed E-state index contributed by atoms with van der Waals surface area (Å²) in [6.45, 7) is 9.35. The van der Waals surface area contributed by atoms with E-state index < -0.39 is 0 Å². The van der Waals surface area contributed by atoms with Crippen LogP contribution in [-0.2, 0) is 6.54 Å². The van der Waals surface area contributed by atoms with Crippen molar-refractivity contribution in [3.05, 3.63) is 23.2 Å². The Morgan fingerprint density at radius 3 is 2.73 bits per heavy atom. The van der Waals surface area contributed by atoms with Crippen LogP contribution in [0.3, 0.4) is 0 Å². The predicted octanol–water partition coefficient (Wildman–Crippen LogP) is 3.13. The van der Waals surface area contributed by atoms with Gasteiger partial charge in [-0.25, -0.2) is 0 Å². The molecule has 86 valence electrons. The summed E-state index contributed by atoms with van der Waals surface area (Å²) in [6, 6.07) is 2.67. The third kappa shape index (κ3) is 4.31. The third-order valence-corrected chi connectivity index (χ3v) is 3.50. The molecule has 0 bridgehead atoms. The van der Waals surface area contributed by atoms with E-state index in [0.29, 0.717) is 6.04 Å². The Kier molecular flexibility index (Phi) is 5.26. The zero-order valence-electron chi connectivity index (χ0n) is 10.1. The Balaban J connectivity index is 2.33. The van der Waals surface area contributed by atoms with Crippen LogP contribution in [0.5, 0.6) is 0 Å². The van der Waals surface area contributed by atoms with Crippen molar-refractivity contribution in [3.8, 4) is 0 Å². The van der Waals surface area contributed by atoms with Crippen LogP contribution in [-0.4, -0.2) is 17.5 Å². The number of hydrogen-bond acceptors (Lipinski definition) is 3. The van der Waals surface area contributed by atoms with Crippen molar-refractivity contribution in [2.45, 2.75) is 40.3 Å². The Bertz CT molecular complexity index is 296. The van der Waals surface area contributed by atoms with Crippen molar-refractivity contribution >= 4 is 11.8 Å². The van der Waals surface area contributed by atoms with Gasteiger partial charge < -0.3 is 9.73 Å². The molecule has 0 aliphatic rings. The topological polar surface area (TPSA) is 25.2 Å². The molecule has 0 spiro atoms. The highest BCUT2D eigenvalue weighted by atomic mass is 32.2. The maximum absolute atomic E-state index is 5.48. The SMILES string of the molecule is CCSCC(C)NCc1cc(C)oc1C. The van der Waals surface area contributed by atoms with Gasteiger partial charge in [-0.1, -0.05) is 6.92 Å². The zero-order valence-corrected chi connectivity index (χ0v) is 10.9. The van der Waals surface area contributed by atoms with E-state index in [2.05, 4.69) is 25.2 Å². The predicted molar refractivity (Wildman–Crippen MR) is 67.5 cm³/mol. The molecular formula is C12H21NOS. The van der Waals surface area contributed by atoms with Crippen molar-refractivity contribution in [1.82, 2.24) is 5.32 Å². The first kappa shape index (κ1) is 12.7. The van der Waals surface area contributed by atoms with Gasteiger partial charge in [-0.15, -0.1) is 0 Å². The van der Waals surface area contributed by atoms with Gasteiger partial charge in [0.2, 0.25) is 0 Å². The fourth-order valence-electron chi connectivity index (χ4n) is 1.50. The lowest BCUT2D eigenvalue weighted by atomic mass is 10.2. The lowest BCUT2D eigenvalue weighted by molar-refractivity contribution is 0.496. The molecule has 0 fully saturated rings. The van der Waals surface area contributed by atoms with Crippen LogP contribution in [0, 0.1) is 13.8 Å². The fourth-order valence-corrected chi connectivity index (χ4v) is 2.20. The molecule has 0 saturated carbocycles. The van der Waals surface area contributed by atoms with Gasteiger partial charge in [0.25, 0.3) is 0 Å². The van der Waals surface area contributed by atoms with Gasteiger partial charge in [-0.05, 0) is 32.6 Å². The van der Waals surface area contributed by atoms with Gasteiger partial charge in [0.1, 0.15) is 11.5 Å². The van der Waals surface area contributed by atoms with Crippen LogP contribution in [0.2, 0.25) is 0 Å². The van der Waals surface area contributed by atoms with Crippen LogP contribution in [0.1, 0.15) is 30.9 Å². The lowest BCUT2D eigenvalue weighted by Gasteiger charge is -2.12. The zero-order chi connectivity index (χ0) is 11.3. The molecule has 1 rings (SSSR count). The first-order chi connectivity index (χ1) is 7.13. The molecule has 2 nitrogen and oxygen atoms in total. The summed E-state index contributed by atoms with van der Waals surface area (Å²) < 4.78 is 5.48. The monoisotopic (exact) mass is 227 g/mol. The minimum Gasteiger partial charge on any atom is -0.466 e. The minimum atomic E-state index is 0.560. The number of aryl methyl sites for hydroxylation is 2. The van der Waals surface area contributed by atoms with Crippen molar-refractivity contribution in [2.24, 2.45) is 0 Å². The van der Waals surface area contributed by atoms with E-state index in [1.165, 1.54) is 17.1 Å². The van der Waals surface area contributed by atoms with E-state index in [1.807, 2.05) is 25.6 Å². The van der Waals surface area contributed by atoms with Gasteiger partial charge in [0, 0.05) is 23.9 Å². The third-order valence-electron chi connectivity index (χ3n) is 2.36. The van der Waals surface area contributed by atoms with Crippen LogP contribution in [0.15, 0.2) is 10.5 Å². The molecule has 15 heavy (non-hydrogen) atoms. The second-order valence-corrected chi connectivity index (χ2v) is 5.20. The van der Waals surface area contributed by atoms with Crippen molar-refractivity contribution < 1.29 is 4.42 Å². The fraction of sp³-hybridized carbons (Fsp3) is 0.667. The summed E-state index contributed by atoms with van der Waals surface area (Å²) in [6.07, 6.45) is 0. The largest absolute Gasteiger partial charge is 0.466 e. The molecule has 0 amide bonds. The summed E-state index contributed by atoms with van der Waals surface area (Å²) in [5.74, 6) is 4.40. The molecule has 0 radical (unpaired) electrons. The summed E-state index contributed by atoms with van der Waals surface area (Å²) in [5, 5.41) is 3.51. The van der Waals surface area contributed by atoms with Crippen LogP contribution < -0.4 is 5.32 Å². The van der Waals surface area contributed by atoms with Gasteiger partial charge in [-0.2, -0.15) is 11.8 Å². The first-order valence-electron chi connectivity index (χ1n) is 5.50. The number of hydrogen-bond donors (Lipinski definition) is 1. The standard InChI is InChI=1S/C12H21NOS/c1-5-15-8-9(2)13-7-12-6-10(3)14-11(12)4/h6,9,13H,5,7-8H2,1-4H3. The normalized spacial score (nSPS) is 13.1. The summed E-state index contributed by atoms with van der Waals surface area (Å²) in [4.78, 5) is 0. The second-order valence-electron chi connectivity index (χ2n) is 3.88. The average Bonchev–Trinajstić information content (AvgIpc) is 2.51. The number of nitrogens with one attached hydrogen (secondary N) is 1. The lowest BCUT2D eigenvalue weighted by Crippen LogP contribution is -2.27. The summed E-state index contributed by atoms with van der Waals surface area (Å²) in [5.41, 5.74) is 1.28. The van der Waals surface area contributed by atoms with E-state index in [9.17, 15) is 0 Å². The van der Waals surface area contributed by atoms with Crippen molar-refractivity contribution in [3.63, 3.8) is 0 Å². The van der Waals surface area contributed by atoms with Gasteiger partial charge in [0.05, 0.1) is 0 Å². The molecule has 0 saturated heterocycles. The summed E-state index contributed by atoms with van der Waals surface area (Å²) in [7, 11) is 0. The minimum absolute atomic E-state index is 0.560. The van der Waals surface area contributed by atoms with E-state index in [4.69, 9.17) is 4.42 Å². The molecule has 0 aliphatic heterocycles. The molecular weight excluding hydrogens is 206 g/mol. The number of thioether (sulfide) groups is 1. The molecule has 3 heteroatoms. The maximum Gasteiger partial charge on any atom is 0.105 e. The molecule has 1 atom stereocenters. The van der Waals surface area contributed by atoms with E-state index >= 15 is 0 Å². The van der Waals surface area contributed by atoms with Crippen molar-refractivity contribution in [2.75, 3.05) is 11.5 Å². The van der Waals surface area contributed by atoms with E-state index in [1.54, 1.807) is 0 Å². The summed E-state index contributed by atoms with van der Waals surface area (Å²) >= 11 is 1.97. The van der Waals surface area contributed by atoms with Gasteiger partial charge >= 0.3 is 0 Å². The Labute approximate surface area is 96.8 Å². The molecule has 1 N–H and O–H groups in total. The molecule has 1 heterocycles. The van der Waals surface area contributed by atoms with Crippen LogP contribution in [0.25, 0.3) is 0 Å².